The van der Waals surface area contributed by atoms with Crippen LogP contribution in [0.25, 0.3) is 0 Å². The molecule has 0 saturated carbocycles. The van der Waals surface area contributed by atoms with Crippen LogP contribution >= 0.6 is 0 Å². The number of amides is 3. The Morgan fingerprint density at radius 2 is 1.53 bits per heavy atom. The minimum atomic E-state index is -0.841. The fourth-order valence-corrected chi connectivity index (χ4v) is 5.46. The van der Waals surface area contributed by atoms with E-state index in [4.69, 9.17) is 0 Å². The molecule has 2 aliphatic rings. The Labute approximate surface area is 221 Å². The average molecular weight is 515 g/mol. The molecule has 3 amide bonds. The van der Waals surface area contributed by atoms with Crippen LogP contribution in [-0.4, -0.2) is 59.4 Å². The molecule has 0 radical (unpaired) electrons. The first-order valence-corrected chi connectivity index (χ1v) is 12.9. The van der Waals surface area contributed by atoms with E-state index < -0.39 is 11.4 Å². The molecule has 2 fully saturated rings. The molecular formula is C30H31FN4O3. The molecule has 7 nitrogen and oxygen atoms in total. The lowest BCUT2D eigenvalue weighted by Crippen LogP contribution is -2.57. The van der Waals surface area contributed by atoms with E-state index in [0.29, 0.717) is 38.2 Å². The van der Waals surface area contributed by atoms with Gasteiger partial charge in [0.2, 0.25) is 5.91 Å². The largest absolute Gasteiger partial charge is 0.348 e. The first kappa shape index (κ1) is 25.4. The van der Waals surface area contributed by atoms with E-state index in [1.807, 2.05) is 67.6 Å². The van der Waals surface area contributed by atoms with E-state index in [0.717, 1.165) is 11.3 Å². The van der Waals surface area contributed by atoms with Gasteiger partial charge in [0.1, 0.15) is 17.9 Å². The molecule has 1 unspecified atom stereocenters. The van der Waals surface area contributed by atoms with E-state index in [1.54, 1.807) is 9.80 Å². The number of hydrogen-bond donors (Lipinski definition) is 1. The van der Waals surface area contributed by atoms with Crippen LogP contribution < -0.4 is 10.2 Å². The maximum Gasteiger partial charge on any atom is 0.253 e. The van der Waals surface area contributed by atoms with E-state index in [2.05, 4.69) is 10.2 Å². The number of nitrogens with one attached hydrogen (secondary N) is 1. The summed E-state index contributed by atoms with van der Waals surface area (Å²) in [6.07, 6.45) is 0.873. The molecule has 196 valence electrons. The van der Waals surface area contributed by atoms with Crippen molar-refractivity contribution >= 4 is 23.4 Å². The van der Waals surface area contributed by atoms with E-state index in [-0.39, 0.29) is 30.3 Å². The molecule has 2 heterocycles. The zero-order valence-electron chi connectivity index (χ0n) is 21.3. The Morgan fingerprint density at radius 3 is 2.16 bits per heavy atom. The SMILES string of the molecule is CC(NC(=O)CN1CN(c2ccccc2)C2(CCN(C(=O)c3ccc(F)cc3)CC2)C1=O)c1ccccc1. The Balaban J connectivity index is 1.31. The minimum Gasteiger partial charge on any atom is -0.348 e. The van der Waals surface area contributed by atoms with Crippen LogP contribution in [0.1, 0.15) is 41.7 Å². The van der Waals surface area contributed by atoms with E-state index in [9.17, 15) is 18.8 Å². The number of hydrogen-bond acceptors (Lipinski definition) is 4. The molecule has 3 aromatic carbocycles. The summed E-state index contributed by atoms with van der Waals surface area (Å²) in [5.41, 5.74) is 1.48. The first-order valence-electron chi connectivity index (χ1n) is 12.9. The molecule has 3 aromatic rings. The topological polar surface area (TPSA) is 73.0 Å². The highest BCUT2D eigenvalue weighted by molar-refractivity contribution is 5.97. The third-order valence-electron chi connectivity index (χ3n) is 7.56. The van der Waals surface area contributed by atoms with Gasteiger partial charge in [-0.15, -0.1) is 0 Å². The average Bonchev–Trinajstić information content (AvgIpc) is 3.20. The monoisotopic (exact) mass is 514 g/mol. The summed E-state index contributed by atoms with van der Waals surface area (Å²) < 4.78 is 13.3. The van der Waals surface area contributed by atoms with Crippen LogP contribution in [0.5, 0.6) is 0 Å². The van der Waals surface area contributed by atoms with Crippen molar-refractivity contribution in [2.45, 2.75) is 31.3 Å². The van der Waals surface area contributed by atoms with Gasteiger partial charge in [-0.3, -0.25) is 14.4 Å². The molecule has 0 aromatic heterocycles. The Kier molecular flexibility index (Phi) is 7.13. The number of anilines is 1. The highest BCUT2D eigenvalue weighted by atomic mass is 19.1. The van der Waals surface area contributed by atoms with Gasteiger partial charge in [-0.05, 0) is 61.7 Å². The van der Waals surface area contributed by atoms with Gasteiger partial charge in [0.15, 0.2) is 0 Å². The molecule has 1 atom stereocenters. The summed E-state index contributed by atoms with van der Waals surface area (Å²) >= 11 is 0. The van der Waals surface area contributed by atoms with Gasteiger partial charge in [-0.1, -0.05) is 48.5 Å². The number of halogens is 1. The minimum absolute atomic E-state index is 0.0423. The molecule has 38 heavy (non-hydrogen) atoms. The highest BCUT2D eigenvalue weighted by Gasteiger charge is 2.54. The summed E-state index contributed by atoms with van der Waals surface area (Å²) in [7, 11) is 0. The number of para-hydroxylation sites is 1. The quantitative estimate of drug-likeness (QED) is 0.540. The molecule has 2 aliphatic heterocycles. The van der Waals surface area contributed by atoms with Gasteiger partial charge in [-0.2, -0.15) is 0 Å². The maximum atomic E-state index is 13.9. The van der Waals surface area contributed by atoms with E-state index in [1.165, 1.54) is 24.3 Å². The summed E-state index contributed by atoms with van der Waals surface area (Å²) in [5, 5.41) is 3.00. The third kappa shape index (κ3) is 4.98. The standard InChI is InChI=1S/C30H31FN4O3/c1-22(23-8-4-2-5-9-23)32-27(36)20-34-21-35(26-10-6-3-7-11-26)30(29(34)38)16-18-33(19-17-30)28(37)24-12-14-25(31)15-13-24/h2-15,22H,16-21H2,1H3,(H,32,36). The number of nitrogens with zero attached hydrogens (tertiary/aromatic N) is 3. The fraction of sp³-hybridized carbons (Fsp3) is 0.300. The molecule has 5 rings (SSSR count). The van der Waals surface area contributed by atoms with Crippen molar-refractivity contribution in [2.24, 2.45) is 0 Å². The second-order valence-corrected chi connectivity index (χ2v) is 9.94. The van der Waals surface area contributed by atoms with Crippen LogP contribution in [0.15, 0.2) is 84.9 Å². The number of rotatable bonds is 6. The molecule has 1 N–H and O–H groups in total. The zero-order chi connectivity index (χ0) is 26.7. The van der Waals surface area contributed by atoms with Gasteiger partial charge < -0.3 is 20.0 Å². The predicted molar refractivity (Wildman–Crippen MR) is 143 cm³/mol. The lowest BCUT2D eigenvalue weighted by atomic mass is 9.85. The van der Waals surface area contributed by atoms with Crippen molar-refractivity contribution in [1.29, 1.82) is 0 Å². The van der Waals surface area contributed by atoms with Gasteiger partial charge in [0, 0.05) is 24.3 Å². The van der Waals surface area contributed by atoms with Crippen molar-refractivity contribution in [3.05, 3.63) is 102 Å². The normalized spacial score (nSPS) is 17.5. The van der Waals surface area contributed by atoms with Crippen molar-refractivity contribution in [3.63, 3.8) is 0 Å². The van der Waals surface area contributed by atoms with Crippen LogP contribution in [0, 0.1) is 5.82 Å². The first-order chi connectivity index (χ1) is 18.4. The van der Waals surface area contributed by atoms with Crippen molar-refractivity contribution in [1.82, 2.24) is 15.1 Å². The Hall–Kier alpha value is -4.20. The molecule has 2 saturated heterocycles. The number of benzene rings is 3. The highest BCUT2D eigenvalue weighted by Crippen LogP contribution is 2.39. The predicted octanol–water partition coefficient (Wildman–Crippen LogP) is 3.98. The van der Waals surface area contributed by atoms with Gasteiger partial charge >= 0.3 is 0 Å². The smallest absolute Gasteiger partial charge is 0.253 e. The molecule has 8 heteroatoms. The van der Waals surface area contributed by atoms with Crippen LogP contribution in [0.2, 0.25) is 0 Å². The number of piperidine rings is 1. The van der Waals surface area contributed by atoms with E-state index >= 15 is 0 Å². The fourth-order valence-electron chi connectivity index (χ4n) is 5.46. The summed E-state index contributed by atoms with van der Waals surface area (Å²) in [6, 6.07) is 24.7. The lowest BCUT2D eigenvalue weighted by molar-refractivity contribution is -0.137. The molecule has 1 spiro atoms. The second kappa shape index (κ2) is 10.7. The summed E-state index contributed by atoms with van der Waals surface area (Å²) in [5.74, 6) is -0.888. The summed E-state index contributed by atoms with van der Waals surface area (Å²) in [6.45, 7) is 2.94. The third-order valence-corrected chi connectivity index (χ3v) is 7.56. The summed E-state index contributed by atoms with van der Waals surface area (Å²) in [4.78, 5) is 45.3. The van der Waals surface area contributed by atoms with Gasteiger partial charge in [0.25, 0.3) is 11.8 Å². The molecule has 0 aliphatic carbocycles. The number of likely N-dealkylation sites (tertiary alicyclic amines) is 1. The van der Waals surface area contributed by atoms with Crippen LogP contribution in [-0.2, 0) is 9.59 Å². The molecular weight excluding hydrogens is 483 g/mol. The Bertz CT molecular complexity index is 1290. The lowest BCUT2D eigenvalue weighted by Gasteiger charge is -2.43. The van der Waals surface area contributed by atoms with Crippen LogP contribution in [0.3, 0.4) is 0 Å². The molecule has 0 bridgehead atoms. The zero-order valence-corrected chi connectivity index (χ0v) is 21.3. The Morgan fingerprint density at radius 1 is 0.921 bits per heavy atom. The van der Waals surface area contributed by atoms with Crippen molar-refractivity contribution in [3.8, 4) is 0 Å². The number of carbonyl (C=O) groups is 3. The second-order valence-electron chi connectivity index (χ2n) is 9.94. The van der Waals surface area contributed by atoms with Crippen molar-refractivity contribution < 1.29 is 18.8 Å². The van der Waals surface area contributed by atoms with Gasteiger partial charge in [-0.25, -0.2) is 4.39 Å². The number of carbonyl (C=O) groups excluding carboxylic acids is 3. The van der Waals surface area contributed by atoms with Crippen LogP contribution in [0.4, 0.5) is 10.1 Å². The van der Waals surface area contributed by atoms with Crippen molar-refractivity contribution in [2.75, 3.05) is 31.2 Å². The maximum absolute atomic E-state index is 13.9. The van der Waals surface area contributed by atoms with Gasteiger partial charge in [0.05, 0.1) is 12.7 Å².